The molecule has 2 rings (SSSR count). The van der Waals surface area contributed by atoms with E-state index in [1.165, 1.54) is 0 Å². The molecule has 5 heteroatoms. The van der Waals surface area contributed by atoms with Crippen LogP contribution in [-0.4, -0.2) is 37.0 Å². The molecule has 1 fully saturated rings. The van der Waals surface area contributed by atoms with Gasteiger partial charge in [-0.3, -0.25) is 4.79 Å². The quantitative estimate of drug-likeness (QED) is 0.910. The molecule has 1 heterocycles. The lowest BCUT2D eigenvalue weighted by Gasteiger charge is -2.35. The maximum atomic E-state index is 12.6. The molecule has 3 nitrogen and oxygen atoms in total. The summed E-state index contributed by atoms with van der Waals surface area (Å²) >= 11 is 6.01. The molecular weight excluding hydrogens is 283 g/mol. The highest BCUT2D eigenvalue weighted by Crippen LogP contribution is 2.27. The van der Waals surface area contributed by atoms with Gasteiger partial charge >= 0.3 is 0 Å². The first-order chi connectivity index (χ1) is 8.51. The van der Waals surface area contributed by atoms with E-state index in [1.807, 2.05) is 43.0 Å². The second kappa shape index (κ2) is 6.60. The molecule has 1 aromatic rings. The molecule has 0 radical (unpaired) electrons. The number of nitrogens with one attached hydrogen (secondary N) is 1. The molecule has 1 aliphatic heterocycles. The molecule has 19 heavy (non-hydrogen) atoms. The van der Waals surface area contributed by atoms with Crippen LogP contribution in [0.15, 0.2) is 24.3 Å². The first-order valence-corrected chi connectivity index (χ1v) is 6.66. The van der Waals surface area contributed by atoms with E-state index >= 15 is 0 Å². The zero-order chi connectivity index (χ0) is 13.2. The Morgan fingerprint density at radius 1 is 1.32 bits per heavy atom. The van der Waals surface area contributed by atoms with Crippen molar-refractivity contribution in [2.45, 2.75) is 19.3 Å². The van der Waals surface area contributed by atoms with Crippen LogP contribution < -0.4 is 5.32 Å². The predicted octanol–water partition coefficient (Wildman–Crippen LogP) is 2.47. The Labute approximate surface area is 125 Å². The van der Waals surface area contributed by atoms with Crippen molar-refractivity contribution >= 4 is 29.9 Å². The van der Waals surface area contributed by atoms with E-state index in [0.717, 1.165) is 31.7 Å². The van der Waals surface area contributed by atoms with E-state index in [-0.39, 0.29) is 18.3 Å². The molecule has 1 saturated heterocycles. The van der Waals surface area contributed by atoms with Crippen LogP contribution in [0.3, 0.4) is 0 Å². The number of hydrogen-bond acceptors (Lipinski definition) is 2. The molecule has 1 aromatic carbocycles. The molecule has 0 aromatic heterocycles. The highest BCUT2D eigenvalue weighted by Gasteiger charge is 2.34. The van der Waals surface area contributed by atoms with Gasteiger partial charge in [-0.2, -0.15) is 0 Å². The second-order valence-corrected chi connectivity index (χ2v) is 5.61. The van der Waals surface area contributed by atoms with Crippen LogP contribution >= 0.6 is 24.0 Å². The molecule has 1 aliphatic rings. The van der Waals surface area contributed by atoms with Gasteiger partial charge in [-0.05, 0) is 31.5 Å². The van der Waals surface area contributed by atoms with Crippen LogP contribution in [-0.2, 0) is 10.2 Å². The number of nitrogens with zero attached hydrogens (tertiary/aromatic N) is 1. The third kappa shape index (κ3) is 3.62. The van der Waals surface area contributed by atoms with Gasteiger partial charge in [-0.25, -0.2) is 0 Å². The minimum absolute atomic E-state index is 0. The summed E-state index contributed by atoms with van der Waals surface area (Å²) in [6, 6.07) is 7.56. The zero-order valence-electron chi connectivity index (χ0n) is 11.3. The van der Waals surface area contributed by atoms with Gasteiger partial charge in [0.05, 0.1) is 5.41 Å². The highest BCUT2D eigenvalue weighted by molar-refractivity contribution is 6.30. The number of rotatable bonds is 2. The Hall–Kier alpha value is -0.770. The maximum absolute atomic E-state index is 12.6. The smallest absolute Gasteiger partial charge is 0.232 e. The van der Waals surface area contributed by atoms with Crippen LogP contribution in [0.2, 0.25) is 5.02 Å². The van der Waals surface area contributed by atoms with Crippen molar-refractivity contribution in [3.8, 4) is 0 Å². The number of carbonyl (C=O) groups excluding carboxylic acids is 1. The average molecular weight is 303 g/mol. The summed E-state index contributed by atoms with van der Waals surface area (Å²) in [5, 5.41) is 3.93. The van der Waals surface area contributed by atoms with Crippen molar-refractivity contribution in [3.63, 3.8) is 0 Å². The van der Waals surface area contributed by atoms with E-state index in [9.17, 15) is 4.79 Å². The fourth-order valence-corrected chi connectivity index (χ4v) is 2.45. The van der Waals surface area contributed by atoms with Gasteiger partial charge < -0.3 is 10.2 Å². The third-order valence-electron chi connectivity index (χ3n) is 3.49. The Morgan fingerprint density at radius 3 is 2.53 bits per heavy atom. The van der Waals surface area contributed by atoms with Crippen LogP contribution in [0, 0.1) is 0 Å². The minimum atomic E-state index is -0.526. The van der Waals surface area contributed by atoms with Gasteiger partial charge in [0.1, 0.15) is 0 Å². The Morgan fingerprint density at radius 2 is 1.95 bits per heavy atom. The molecule has 0 bridgehead atoms. The molecule has 0 aliphatic carbocycles. The van der Waals surface area contributed by atoms with E-state index in [2.05, 4.69) is 5.32 Å². The van der Waals surface area contributed by atoms with Crippen molar-refractivity contribution < 1.29 is 4.79 Å². The second-order valence-electron chi connectivity index (χ2n) is 5.18. The summed E-state index contributed by atoms with van der Waals surface area (Å²) in [4.78, 5) is 14.5. The first-order valence-electron chi connectivity index (χ1n) is 6.28. The first kappa shape index (κ1) is 16.3. The van der Waals surface area contributed by atoms with Crippen LogP contribution in [0.4, 0.5) is 0 Å². The molecule has 0 saturated carbocycles. The van der Waals surface area contributed by atoms with Crippen molar-refractivity contribution in [1.82, 2.24) is 10.2 Å². The van der Waals surface area contributed by atoms with Gasteiger partial charge in [0.15, 0.2) is 0 Å². The third-order valence-corrected chi connectivity index (χ3v) is 3.72. The number of amides is 1. The molecule has 1 amide bonds. The van der Waals surface area contributed by atoms with E-state index in [1.54, 1.807) is 0 Å². The number of halogens is 2. The summed E-state index contributed by atoms with van der Waals surface area (Å²) in [6.45, 7) is 7.23. The van der Waals surface area contributed by atoms with Gasteiger partial charge in [0, 0.05) is 31.2 Å². The maximum Gasteiger partial charge on any atom is 0.232 e. The number of piperazine rings is 1. The number of benzene rings is 1. The van der Waals surface area contributed by atoms with Crippen molar-refractivity contribution in [2.75, 3.05) is 26.2 Å². The molecular formula is C14H20Cl2N2O. The monoisotopic (exact) mass is 302 g/mol. The summed E-state index contributed by atoms with van der Waals surface area (Å²) < 4.78 is 0. The fraction of sp³-hybridized carbons (Fsp3) is 0.500. The van der Waals surface area contributed by atoms with Crippen LogP contribution in [0.1, 0.15) is 19.4 Å². The molecule has 1 N–H and O–H groups in total. The largest absolute Gasteiger partial charge is 0.339 e. The minimum Gasteiger partial charge on any atom is -0.339 e. The van der Waals surface area contributed by atoms with Crippen LogP contribution in [0.25, 0.3) is 0 Å². The molecule has 0 spiro atoms. The fourth-order valence-electron chi connectivity index (χ4n) is 2.26. The Kier molecular flexibility index (Phi) is 5.65. The van der Waals surface area contributed by atoms with Crippen molar-refractivity contribution in [3.05, 3.63) is 34.9 Å². The summed E-state index contributed by atoms with van der Waals surface area (Å²) in [7, 11) is 0. The zero-order valence-corrected chi connectivity index (χ0v) is 12.9. The highest BCUT2D eigenvalue weighted by atomic mass is 35.5. The molecule has 106 valence electrons. The SMILES string of the molecule is CC(C)(C(=O)N1CCNCC1)c1cccc(Cl)c1.Cl. The van der Waals surface area contributed by atoms with E-state index in [4.69, 9.17) is 11.6 Å². The van der Waals surface area contributed by atoms with Gasteiger partial charge in [0.25, 0.3) is 0 Å². The lowest BCUT2D eigenvalue weighted by Crippen LogP contribution is -2.51. The molecule has 0 atom stereocenters. The van der Waals surface area contributed by atoms with Gasteiger partial charge in [0.2, 0.25) is 5.91 Å². The average Bonchev–Trinajstić information content (AvgIpc) is 2.39. The number of hydrogen-bond donors (Lipinski definition) is 1. The molecule has 0 unspecified atom stereocenters. The van der Waals surface area contributed by atoms with E-state index < -0.39 is 5.41 Å². The standard InChI is InChI=1S/C14H19ClN2O.ClH/c1-14(2,11-4-3-5-12(15)10-11)13(18)17-8-6-16-7-9-17;/h3-5,10,16H,6-9H2,1-2H3;1H. The Bertz CT molecular complexity index is 443. The summed E-state index contributed by atoms with van der Waals surface area (Å²) in [5.74, 6) is 0.172. The van der Waals surface area contributed by atoms with Crippen molar-refractivity contribution in [1.29, 1.82) is 0 Å². The summed E-state index contributed by atoms with van der Waals surface area (Å²) in [5.41, 5.74) is 0.445. The summed E-state index contributed by atoms with van der Waals surface area (Å²) in [6.07, 6.45) is 0. The van der Waals surface area contributed by atoms with E-state index in [0.29, 0.717) is 5.02 Å². The van der Waals surface area contributed by atoms with Crippen LogP contribution in [0.5, 0.6) is 0 Å². The predicted molar refractivity (Wildman–Crippen MR) is 81.2 cm³/mol. The van der Waals surface area contributed by atoms with Crippen molar-refractivity contribution in [2.24, 2.45) is 0 Å². The lowest BCUT2D eigenvalue weighted by molar-refractivity contribution is -0.136. The van der Waals surface area contributed by atoms with Gasteiger partial charge in [-0.1, -0.05) is 23.7 Å². The lowest BCUT2D eigenvalue weighted by atomic mass is 9.83. The van der Waals surface area contributed by atoms with Gasteiger partial charge in [-0.15, -0.1) is 12.4 Å². The topological polar surface area (TPSA) is 32.3 Å². The normalized spacial score (nSPS) is 15.8. The number of carbonyl (C=O) groups is 1. The Balaban J connectivity index is 0.00000180.